The van der Waals surface area contributed by atoms with Crippen molar-refractivity contribution in [3.63, 3.8) is 0 Å². The number of rotatable bonds is 7. The van der Waals surface area contributed by atoms with E-state index in [1.165, 1.54) is 16.8 Å². The van der Waals surface area contributed by atoms with Crippen LogP contribution in [0.1, 0.15) is 43.6 Å². The third-order valence-corrected chi connectivity index (χ3v) is 3.25. The van der Waals surface area contributed by atoms with Gasteiger partial charge >= 0.3 is 5.97 Å². The van der Waals surface area contributed by atoms with Gasteiger partial charge in [-0.05, 0) is 34.5 Å². The largest absolute Gasteiger partial charge is 0.480 e. The molecule has 112 valence electrons. The number of aromatic nitrogens is 4. The van der Waals surface area contributed by atoms with Gasteiger partial charge in [-0.2, -0.15) is 0 Å². The number of carbonyl (C=O) groups is 1. The Labute approximate surface area is 121 Å². The SMILES string of the molecule is CCCCC(C(=O)O)n1nnnc1Cc1ccc(F)cc1. The van der Waals surface area contributed by atoms with Crippen LogP contribution in [-0.2, 0) is 11.2 Å². The third kappa shape index (κ3) is 3.84. The Morgan fingerprint density at radius 1 is 1.38 bits per heavy atom. The normalized spacial score (nSPS) is 12.3. The van der Waals surface area contributed by atoms with Crippen molar-refractivity contribution >= 4 is 5.97 Å². The molecular weight excluding hydrogens is 275 g/mol. The van der Waals surface area contributed by atoms with E-state index in [0.717, 1.165) is 18.4 Å². The van der Waals surface area contributed by atoms with Crippen molar-refractivity contribution < 1.29 is 14.3 Å². The highest BCUT2D eigenvalue weighted by Gasteiger charge is 2.23. The summed E-state index contributed by atoms with van der Waals surface area (Å²) in [6, 6.07) is 5.21. The third-order valence-electron chi connectivity index (χ3n) is 3.25. The van der Waals surface area contributed by atoms with E-state index in [9.17, 15) is 14.3 Å². The fraction of sp³-hybridized carbons (Fsp3) is 0.429. The number of nitrogens with zero attached hydrogens (tertiary/aromatic N) is 4. The molecule has 1 aromatic carbocycles. The molecule has 1 atom stereocenters. The van der Waals surface area contributed by atoms with Crippen LogP contribution in [0, 0.1) is 5.82 Å². The number of halogens is 1. The molecule has 0 aliphatic heterocycles. The summed E-state index contributed by atoms with van der Waals surface area (Å²) in [6.45, 7) is 2.00. The zero-order valence-electron chi connectivity index (χ0n) is 11.7. The molecule has 7 heteroatoms. The summed E-state index contributed by atoms with van der Waals surface area (Å²) in [5.74, 6) is -0.800. The zero-order valence-corrected chi connectivity index (χ0v) is 11.7. The highest BCUT2D eigenvalue weighted by molar-refractivity contribution is 5.71. The Bertz CT molecular complexity index is 597. The molecular formula is C14H17FN4O2. The standard InChI is InChI=1S/C14H17FN4O2/c1-2-3-4-12(14(20)21)19-13(16-17-18-19)9-10-5-7-11(15)8-6-10/h5-8,12H,2-4,9H2,1H3,(H,20,21). The van der Waals surface area contributed by atoms with Crippen LogP contribution < -0.4 is 0 Å². The van der Waals surface area contributed by atoms with Crippen LogP contribution in [0.25, 0.3) is 0 Å². The molecule has 0 fully saturated rings. The van der Waals surface area contributed by atoms with Crippen molar-refractivity contribution in [2.24, 2.45) is 0 Å². The van der Waals surface area contributed by atoms with Crippen molar-refractivity contribution in [1.29, 1.82) is 0 Å². The smallest absolute Gasteiger partial charge is 0.328 e. The van der Waals surface area contributed by atoms with E-state index in [2.05, 4.69) is 15.5 Å². The van der Waals surface area contributed by atoms with E-state index in [1.807, 2.05) is 6.92 Å². The Morgan fingerprint density at radius 3 is 2.71 bits per heavy atom. The number of hydrogen-bond acceptors (Lipinski definition) is 4. The maximum atomic E-state index is 12.9. The second-order valence-corrected chi connectivity index (χ2v) is 4.84. The highest BCUT2D eigenvalue weighted by Crippen LogP contribution is 2.17. The molecule has 0 radical (unpaired) electrons. The van der Waals surface area contributed by atoms with E-state index < -0.39 is 12.0 Å². The maximum Gasteiger partial charge on any atom is 0.328 e. The quantitative estimate of drug-likeness (QED) is 0.846. The van der Waals surface area contributed by atoms with Crippen LogP contribution in [0.5, 0.6) is 0 Å². The van der Waals surface area contributed by atoms with Crippen molar-refractivity contribution in [3.8, 4) is 0 Å². The molecule has 0 spiro atoms. The first kappa shape index (κ1) is 15.1. The minimum atomic E-state index is -0.948. The molecule has 0 saturated heterocycles. The summed E-state index contributed by atoms with van der Waals surface area (Å²) in [7, 11) is 0. The first-order valence-corrected chi connectivity index (χ1v) is 6.85. The van der Waals surface area contributed by atoms with Crippen molar-refractivity contribution in [2.75, 3.05) is 0 Å². The number of tetrazole rings is 1. The second-order valence-electron chi connectivity index (χ2n) is 4.84. The van der Waals surface area contributed by atoms with Crippen molar-refractivity contribution in [2.45, 2.75) is 38.6 Å². The van der Waals surface area contributed by atoms with E-state index in [-0.39, 0.29) is 5.82 Å². The van der Waals surface area contributed by atoms with Gasteiger partial charge in [-0.15, -0.1) is 5.10 Å². The molecule has 2 rings (SSSR count). The summed E-state index contributed by atoms with van der Waals surface area (Å²) >= 11 is 0. The number of carboxylic acids is 1. The van der Waals surface area contributed by atoms with E-state index in [4.69, 9.17) is 0 Å². The molecule has 2 aromatic rings. The molecule has 1 unspecified atom stereocenters. The Kier molecular flexibility index (Phi) is 4.97. The number of unbranched alkanes of at least 4 members (excludes halogenated alkanes) is 1. The Hall–Kier alpha value is -2.31. The monoisotopic (exact) mass is 292 g/mol. The van der Waals surface area contributed by atoms with E-state index >= 15 is 0 Å². The van der Waals surface area contributed by atoms with Gasteiger partial charge in [-0.3, -0.25) is 0 Å². The second kappa shape index (κ2) is 6.92. The molecule has 0 aliphatic carbocycles. The first-order chi connectivity index (χ1) is 10.1. The average molecular weight is 292 g/mol. The van der Waals surface area contributed by atoms with Gasteiger partial charge in [0.15, 0.2) is 11.9 Å². The number of aliphatic carboxylic acids is 1. The topological polar surface area (TPSA) is 80.9 Å². The average Bonchev–Trinajstić information content (AvgIpc) is 2.90. The van der Waals surface area contributed by atoms with Gasteiger partial charge in [0.2, 0.25) is 0 Å². The molecule has 1 heterocycles. The number of carboxylic acid groups (broad SMARTS) is 1. The molecule has 0 amide bonds. The zero-order chi connectivity index (χ0) is 15.2. The van der Waals surface area contributed by atoms with Crippen molar-refractivity contribution in [3.05, 3.63) is 41.5 Å². The molecule has 6 nitrogen and oxygen atoms in total. The highest BCUT2D eigenvalue weighted by atomic mass is 19.1. The van der Waals surface area contributed by atoms with Gasteiger partial charge in [0.25, 0.3) is 0 Å². The molecule has 1 aromatic heterocycles. The van der Waals surface area contributed by atoms with Gasteiger partial charge in [0, 0.05) is 6.42 Å². The summed E-state index contributed by atoms with van der Waals surface area (Å²) in [6.07, 6.45) is 2.53. The Balaban J connectivity index is 2.20. The molecule has 0 aliphatic rings. The van der Waals surface area contributed by atoms with E-state index in [0.29, 0.717) is 18.7 Å². The predicted molar refractivity (Wildman–Crippen MR) is 73.2 cm³/mol. The van der Waals surface area contributed by atoms with Gasteiger partial charge in [-0.25, -0.2) is 13.9 Å². The van der Waals surface area contributed by atoms with Crippen LogP contribution in [0.4, 0.5) is 4.39 Å². The van der Waals surface area contributed by atoms with Gasteiger partial charge in [0.1, 0.15) is 5.82 Å². The minimum absolute atomic E-state index is 0.315. The van der Waals surface area contributed by atoms with Crippen LogP contribution >= 0.6 is 0 Å². The lowest BCUT2D eigenvalue weighted by Crippen LogP contribution is -2.22. The van der Waals surface area contributed by atoms with Crippen molar-refractivity contribution in [1.82, 2.24) is 20.2 Å². The van der Waals surface area contributed by atoms with Crippen LogP contribution in [0.15, 0.2) is 24.3 Å². The number of hydrogen-bond donors (Lipinski definition) is 1. The molecule has 0 bridgehead atoms. The summed E-state index contributed by atoms with van der Waals surface area (Å²) in [4.78, 5) is 11.4. The van der Waals surface area contributed by atoms with E-state index in [1.54, 1.807) is 12.1 Å². The lowest BCUT2D eigenvalue weighted by atomic mass is 10.1. The van der Waals surface area contributed by atoms with Gasteiger partial charge in [0.05, 0.1) is 0 Å². The Morgan fingerprint density at radius 2 is 2.10 bits per heavy atom. The summed E-state index contributed by atoms with van der Waals surface area (Å²) in [5.41, 5.74) is 0.826. The van der Waals surface area contributed by atoms with Crippen LogP contribution in [-0.4, -0.2) is 31.3 Å². The molecule has 21 heavy (non-hydrogen) atoms. The van der Waals surface area contributed by atoms with Crippen LogP contribution in [0.2, 0.25) is 0 Å². The molecule has 0 saturated carbocycles. The minimum Gasteiger partial charge on any atom is -0.480 e. The van der Waals surface area contributed by atoms with Gasteiger partial charge in [-0.1, -0.05) is 31.9 Å². The predicted octanol–water partition coefficient (Wildman–Crippen LogP) is 2.22. The maximum absolute atomic E-state index is 12.9. The summed E-state index contributed by atoms with van der Waals surface area (Å²) in [5, 5.41) is 20.6. The summed E-state index contributed by atoms with van der Waals surface area (Å²) < 4.78 is 14.2. The number of benzene rings is 1. The van der Waals surface area contributed by atoms with Crippen LogP contribution in [0.3, 0.4) is 0 Å². The first-order valence-electron chi connectivity index (χ1n) is 6.85. The fourth-order valence-corrected chi connectivity index (χ4v) is 2.10. The van der Waals surface area contributed by atoms with Gasteiger partial charge < -0.3 is 5.11 Å². The lowest BCUT2D eigenvalue weighted by Gasteiger charge is -2.13. The lowest BCUT2D eigenvalue weighted by molar-refractivity contribution is -0.141. The molecule has 1 N–H and O–H groups in total. The fourth-order valence-electron chi connectivity index (χ4n) is 2.10.